The summed E-state index contributed by atoms with van der Waals surface area (Å²) < 4.78 is 40.6. The normalized spacial score (nSPS) is 10.6. The monoisotopic (exact) mass is 328 g/mol. The lowest BCUT2D eigenvalue weighted by molar-refractivity contribution is 0.103. The van der Waals surface area contributed by atoms with Crippen molar-refractivity contribution in [3.63, 3.8) is 0 Å². The first-order valence-corrected chi connectivity index (χ1v) is 6.15. The molecule has 0 heterocycles. The molecule has 2 aromatic carbocycles. The molecule has 0 saturated carbocycles. The number of hydrogen-bond donors (Lipinski definition) is 0. The number of carbonyl (C=O) groups is 1. The van der Waals surface area contributed by atoms with Gasteiger partial charge < -0.3 is 0 Å². The maximum atomic E-state index is 13.7. The third-order valence-electron chi connectivity index (χ3n) is 2.70. The molecule has 19 heavy (non-hydrogen) atoms. The summed E-state index contributed by atoms with van der Waals surface area (Å²) in [6.07, 6.45) is 0. The fourth-order valence-corrected chi connectivity index (χ4v) is 1.86. The fraction of sp³-hybridized carbons (Fsp3) is 0.0714. The van der Waals surface area contributed by atoms with Gasteiger partial charge in [0.25, 0.3) is 0 Å². The lowest BCUT2D eigenvalue weighted by Gasteiger charge is -2.06. The summed E-state index contributed by atoms with van der Waals surface area (Å²) >= 11 is 2.95. The number of halogens is 4. The highest BCUT2D eigenvalue weighted by atomic mass is 79.9. The summed E-state index contributed by atoms with van der Waals surface area (Å²) in [6.45, 7) is 1.39. The summed E-state index contributed by atoms with van der Waals surface area (Å²) in [5.74, 6) is -3.68. The molecule has 0 unspecified atom stereocenters. The summed E-state index contributed by atoms with van der Waals surface area (Å²) in [4.78, 5) is 12.0. The van der Waals surface area contributed by atoms with Gasteiger partial charge in [-0.25, -0.2) is 13.2 Å². The second-order valence-corrected chi connectivity index (χ2v) is 4.87. The summed E-state index contributed by atoms with van der Waals surface area (Å²) in [5, 5.41) is 0. The Morgan fingerprint density at radius 1 is 1.05 bits per heavy atom. The van der Waals surface area contributed by atoms with Crippen LogP contribution in [0.1, 0.15) is 21.5 Å². The molecule has 2 rings (SSSR count). The minimum Gasteiger partial charge on any atom is -0.288 e. The van der Waals surface area contributed by atoms with Crippen molar-refractivity contribution < 1.29 is 18.0 Å². The number of rotatable bonds is 2. The van der Waals surface area contributed by atoms with E-state index in [4.69, 9.17) is 0 Å². The van der Waals surface area contributed by atoms with Gasteiger partial charge in [0.05, 0.1) is 10.0 Å². The predicted molar refractivity (Wildman–Crippen MR) is 68.6 cm³/mol. The van der Waals surface area contributed by atoms with Gasteiger partial charge in [-0.15, -0.1) is 0 Å². The number of ketones is 1. The fourth-order valence-electron chi connectivity index (χ4n) is 1.61. The molecule has 0 aliphatic heterocycles. The minimum atomic E-state index is -1.21. The number of benzene rings is 2. The number of aryl methyl sites for hydroxylation is 1. The molecule has 1 nitrogen and oxygen atoms in total. The molecule has 0 spiro atoms. The molecule has 0 N–H and O–H groups in total. The van der Waals surface area contributed by atoms with Crippen molar-refractivity contribution in [2.75, 3.05) is 0 Å². The molecule has 0 aliphatic carbocycles. The Hall–Kier alpha value is -1.62. The molecule has 0 amide bonds. The van der Waals surface area contributed by atoms with Crippen LogP contribution in [0.4, 0.5) is 13.2 Å². The highest BCUT2D eigenvalue weighted by molar-refractivity contribution is 9.10. The van der Waals surface area contributed by atoms with Crippen molar-refractivity contribution in [1.82, 2.24) is 0 Å². The molecule has 0 fully saturated rings. The van der Waals surface area contributed by atoms with Crippen LogP contribution in [0.25, 0.3) is 0 Å². The van der Waals surface area contributed by atoms with Crippen molar-refractivity contribution >= 4 is 21.7 Å². The highest BCUT2D eigenvalue weighted by Gasteiger charge is 2.19. The van der Waals surface area contributed by atoms with Crippen molar-refractivity contribution in [3.05, 3.63) is 68.9 Å². The molecule has 0 aromatic heterocycles. The van der Waals surface area contributed by atoms with Crippen LogP contribution in [0.15, 0.2) is 34.8 Å². The van der Waals surface area contributed by atoms with Crippen LogP contribution in [0.5, 0.6) is 0 Å². The van der Waals surface area contributed by atoms with Gasteiger partial charge in [-0.3, -0.25) is 4.79 Å². The first-order valence-electron chi connectivity index (χ1n) is 5.36. The molecular weight excluding hydrogens is 321 g/mol. The van der Waals surface area contributed by atoms with Gasteiger partial charge in [0.15, 0.2) is 17.4 Å². The Labute approximate surface area is 116 Å². The van der Waals surface area contributed by atoms with Gasteiger partial charge in [0, 0.05) is 5.56 Å². The molecule has 98 valence electrons. The van der Waals surface area contributed by atoms with Gasteiger partial charge in [0.1, 0.15) is 5.82 Å². The van der Waals surface area contributed by atoms with E-state index in [0.29, 0.717) is 0 Å². The Morgan fingerprint density at radius 3 is 2.37 bits per heavy atom. The Morgan fingerprint density at radius 2 is 1.74 bits per heavy atom. The lowest BCUT2D eigenvalue weighted by Crippen LogP contribution is -2.07. The van der Waals surface area contributed by atoms with Gasteiger partial charge in [-0.2, -0.15) is 0 Å². The molecule has 0 aliphatic rings. The topological polar surface area (TPSA) is 17.1 Å². The van der Waals surface area contributed by atoms with Crippen LogP contribution >= 0.6 is 15.9 Å². The van der Waals surface area contributed by atoms with Crippen molar-refractivity contribution in [1.29, 1.82) is 0 Å². The van der Waals surface area contributed by atoms with Gasteiger partial charge in [-0.05, 0) is 52.7 Å². The third kappa shape index (κ3) is 2.56. The van der Waals surface area contributed by atoms with Gasteiger partial charge in [-0.1, -0.05) is 6.07 Å². The van der Waals surface area contributed by atoms with E-state index >= 15 is 0 Å². The quantitative estimate of drug-likeness (QED) is 0.746. The standard InChI is InChI=1S/C14H8BrF3O/c1-7-2-4-9(13(18)12(7)17)14(19)8-3-5-10(15)11(16)6-8/h2-6H,1H3. The van der Waals surface area contributed by atoms with Crippen molar-refractivity contribution in [3.8, 4) is 0 Å². The van der Waals surface area contributed by atoms with Crippen LogP contribution in [-0.2, 0) is 0 Å². The second-order valence-electron chi connectivity index (χ2n) is 4.02. The first-order chi connectivity index (χ1) is 8.91. The van der Waals surface area contributed by atoms with Crippen molar-refractivity contribution in [2.45, 2.75) is 6.92 Å². The molecule has 0 saturated heterocycles. The van der Waals surface area contributed by atoms with E-state index in [0.717, 1.165) is 6.07 Å². The maximum Gasteiger partial charge on any atom is 0.196 e. The predicted octanol–water partition coefficient (Wildman–Crippen LogP) is 4.41. The maximum absolute atomic E-state index is 13.7. The van der Waals surface area contributed by atoms with E-state index in [1.807, 2.05) is 0 Å². The molecular formula is C14H8BrF3O. The summed E-state index contributed by atoms with van der Waals surface area (Å²) in [5.41, 5.74) is -0.344. The number of hydrogen-bond acceptors (Lipinski definition) is 1. The molecule has 0 atom stereocenters. The zero-order valence-corrected chi connectivity index (χ0v) is 11.4. The van der Waals surface area contributed by atoms with Crippen LogP contribution in [0.3, 0.4) is 0 Å². The van der Waals surface area contributed by atoms with E-state index in [1.165, 1.54) is 31.2 Å². The zero-order chi connectivity index (χ0) is 14.2. The summed E-state index contributed by atoms with van der Waals surface area (Å²) in [6, 6.07) is 6.15. The van der Waals surface area contributed by atoms with E-state index in [9.17, 15) is 18.0 Å². The van der Waals surface area contributed by atoms with Crippen LogP contribution in [0.2, 0.25) is 0 Å². The lowest BCUT2D eigenvalue weighted by atomic mass is 10.0. The van der Waals surface area contributed by atoms with E-state index < -0.39 is 28.8 Å². The SMILES string of the molecule is Cc1ccc(C(=O)c2ccc(Br)c(F)c2)c(F)c1F. The van der Waals surface area contributed by atoms with Gasteiger partial charge in [0.2, 0.25) is 0 Å². The third-order valence-corrected chi connectivity index (χ3v) is 3.34. The largest absolute Gasteiger partial charge is 0.288 e. The van der Waals surface area contributed by atoms with E-state index in [1.54, 1.807) is 0 Å². The Balaban J connectivity index is 2.50. The molecule has 5 heteroatoms. The first kappa shape index (κ1) is 13.8. The highest BCUT2D eigenvalue weighted by Crippen LogP contribution is 2.22. The van der Waals surface area contributed by atoms with E-state index in [-0.39, 0.29) is 15.6 Å². The smallest absolute Gasteiger partial charge is 0.196 e. The second kappa shape index (κ2) is 5.17. The Kier molecular flexibility index (Phi) is 3.75. The minimum absolute atomic E-state index is 0.0390. The average Bonchev–Trinajstić information content (AvgIpc) is 2.39. The molecule has 2 aromatic rings. The van der Waals surface area contributed by atoms with Crippen molar-refractivity contribution in [2.24, 2.45) is 0 Å². The zero-order valence-electron chi connectivity index (χ0n) is 9.81. The van der Waals surface area contributed by atoms with Crippen LogP contribution in [0, 0.1) is 24.4 Å². The Bertz CT molecular complexity index is 668. The summed E-state index contributed by atoms with van der Waals surface area (Å²) in [7, 11) is 0. The van der Waals surface area contributed by atoms with Crippen LogP contribution < -0.4 is 0 Å². The number of carbonyl (C=O) groups excluding carboxylic acids is 1. The van der Waals surface area contributed by atoms with Crippen LogP contribution in [-0.4, -0.2) is 5.78 Å². The molecule has 0 bridgehead atoms. The van der Waals surface area contributed by atoms with E-state index in [2.05, 4.69) is 15.9 Å². The van der Waals surface area contributed by atoms with Gasteiger partial charge >= 0.3 is 0 Å². The molecule has 0 radical (unpaired) electrons. The average molecular weight is 329 g/mol.